The SMILES string of the molecule is CO[C@@]1(C)C(=O)N(Cc2ccc3c(N)ncnc3c2)CCN1C(=O)O. The number of ether oxygens (including phenoxy) is 1. The largest absolute Gasteiger partial charge is 0.465 e. The van der Waals surface area contributed by atoms with Crippen LogP contribution in [0.2, 0.25) is 0 Å². The Hall–Kier alpha value is -2.94. The van der Waals surface area contributed by atoms with Crippen molar-refractivity contribution in [2.75, 3.05) is 25.9 Å². The molecule has 0 bridgehead atoms. The van der Waals surface area contributed by atoms with Gasteiger partial charge in [0.1, 0.15) is 12.1 Å². The molecule has 0 radical (unpaired) electrons. The van der Waals surface area contributed by atoms with Gasteiger partial charge in [-0.1, -0.05) is 6.07 Å². The van der Waals surface area contributed by atoms with Crippen LogP contribution in [0.4, 0.5) is 10.6 Å². The second kappa shape index (κ2) is 6.17. The fourth-order valence-electron chi connectivity index (χ4n) is 3.01. The average molecular weight is 345 g/mol. The first-order valence-corrected chi connectivity index (χ1v) is 7.71. The van der Waals surface area contributed by atoms with Gasteiger partial charge in [-0.15, -0.1) is 0 Å². The summed E-state index contributed by atoms with van der Waals surface area (Å²) in [6.07, 6.45) is 0.204. The molecule has 3 N–H and O–H groups in total. The monoisotopic (exact) mass is 345 g/mol. The minimum atomic E-state index is -1.53. The molecule has 2 amide bonds. The predicted octanol–water partition coefficient (Wildman–Crippen LogP) is 0.897. The number of carbonyl (C=O) groups excluding carboxylic acids is 1. The van der Waals surface area contributed by atoms with Crippen molar-refractivity contribution in [1.29, 1.82) is 0 Å². The van der Waals surface area contributed by atoms with E-state index in [4.69, 9.17) is 10.5 Å². The Morgan fingerprint density at radius 1 is 1.40 bits per heavy atom. The number of rotatable bonds is 3. The zero-order valence-corrected chi connectivity index (χ0v) is 14.0. The van der Waals surface area contributed by atoms with Crippen LogP contribution in [0.25, 0.3) is 10.9 Å². The van der Waals surface area contributed by atoms with Gasteiger partial charge in [0.2, 0.25) is 5.72 Å². The first-order valence-electron chi connectivity index (χ1n) is 7.71. The number of nitrogens with zero attached hydrogens (tertiary/aromatic N) is 4. The highest BCUT2D eigenvalue weighted by atomic mass is 16.5. The van der Waals surface area contributed by atoms with Crippen molar-refractivity contribution in [3.05, 3.63) is 30.1 Å². The van der Waals surface area contributed by atoms with Gasteiger partial charge >= 0.3 is 6.09 Å². The number of nitrogens with two attached hydrogens (primary N) is 1. The van der Waals surface area contributed by atoms with Gasteiger partial charge in [-0.2, -0.15) is 0 Å². The summed E-state index contributed by atoms with van der Waals surface area (Å²) in [7, 11) is 1.33. The first kappa shape index (κ1) is 16.9. The maximum Gasteiger partial charge on any atom is 0.410 e. The number of hydrogen-bond donors (Lipinski definition) is 2. The van der Waals surface area contributed by atoms with E-state index < -0.39 is 17.7 Å². The fourth-order valence-corrected chi connectivity index (χ4v) is 3.01. The smallest absolute Gasteiger partial charge is 0.410 e. The first-order chi connectivity index (χ1) is 11.9. The lowest BCUT2D eigenvalue weighted by molar-refractivity contribution is -0.184. The molecule has 1 saturated heterocycles. The van der Waals surface area contributed by atoms with Gasteiger partial charge in [0.25, 0.3) is 5.91 Å². The van der Waals surface area contributed by atoms with Crippen LogP contribution in [-0.2, 0) is 16.1 Å². The topological polar surface area (TPSA) is 122 Å². The van der Waals surface area contributed by atoms with Crippen LogP contribution < -0.4 is 5.73 Å². The molecule has 2 heterocycles. The lowest BCUT2D eigenvalue weighted by atomic mass is 10.1. The van der Waals surface area contributed by atoms with Crippen molar-refractivity contribution in [3.8, 4) is 0 Å². The highest BCUT2D eigenvalue weighted by Crippen LogP contribution is 2.26. The molecule has 0 spiro atoms. The lowest BCUT2D eigenvalue weighted by Crippen LogP contribution is -2.66. The van der Waals surface area contributed by atoms with Crippen molar-refractivity contribution < 1.29 is 19.4 Å². The summed E-state index contributed by atoms with van der Waals surface area (Å²) in [5, 5.41) is 10.0. The Labute approximate surface area is 144 Å². The Balaban J connectivity index is 1.86. The molecule has 1 aromatic carbocycles. The number of fused-ring (bicyclic) bond motifs is 1. The Bertz CT molecular complexity index is 842. The zero-order valence-electron chi connectivity index (χ0n) is 14.0. The summed E-state index contributed by atoms with van der Waals surface area (Å²) in [5.74, 6) is 0.000561. The number of amides is 2. The maximum absolute atomic E-state index is 12.8. The van der Waals surface area contributed by atoms with Crippen molar-refractivity contribution in [2.24, 2.45) is 0 Å². The normalized spacial score (nSPS) is 21.0. The molecule has 0 unspecified atom stereocenters. The van der Waals surface area contributed by atoms with E-state index in [1.807, 2.05) is 18.2 Å². The van der Waals surface area contributed by atoms with E-state index in [1.54, 1.807) is 4.90 Å². The van der Waals surface area contributed by atoms with E-state index in [0.29, 0.717) is 17.9 Å². The number of carbonyl (C=O) groups is 2. The number of piperazine rings is 1. The third kappa shape index (κ3) is 2.82. The molecule has 1 atom stereocenters. The molecule has 1 aromatic heterocycles. The van der Waals surface area contributed by atoms with Gasteiger partial charge < -0.3 is 20.5 Å². The molecule has 0 aliphatic carbocycles. The second-order valence-corrected chi connectivity index (χ2v) is 5.96. The molecule has 25 heavy (non-hydrogen) atoms. The number of aromatic nitrogens is 2. The molecular weight excluding hydrogens is 326 g/mol. The minimum Gasteiger partial charge on any atom is -0.465 e. The standard InChI is InChI=1S/C16H19N5O4/c1-16(25-2)14(22)20(5-6-21(16)15(23)24)8-10-3-4-11-12(7-10)18-9-19-13(11)17/h3-4,7,9H,5-6,8H2,1-2H3,(H,23,24)(H2,17,18,19)/t16-/m0/s1. The summed E-state index contributed by atoms with van der Waals surface area (Å²) >= 11 is 0. The summed E-state index contributed by atoms with van der Waals surface area (Å²) < 4.78 is 5.24. The predicted molar refractivity (Wildman–Crippen MR) is 89.5 cm³/mol. The van der Waals surface area contributed by atoms with Crippen molar-refractivity contribution in [2.45, 2.75) is 19.2 Å². The molecule has 9 nitrogen and oxygen atoms in total. The van der Waals surface area contributed by atoms with Crippen molar-refractivity contribution in [3.63, 3.8) is 0 Å². The van der Waals surface area contributed by atoms with E-state index in [-0.39, 0.29) is 13.1 Å². The maximum atomic E-state index is 12.8. The van der Waals surface area contributed by atoms with Crippen LogP contribution in [0.1, 0.15) is 12.5 Å². The molecule has 0 saturated carbocycles. The summed E-state index contributed by atoms with van der Waals surface area (Å²) in [6.45, 7) is 2.25. The highest BCUT2D eigenvalue weighted by molar-refractivity contribution is 5.90. The van der Waals surface area contributed by atoms with Crippen LogP contribution >= 0.6 is 0 Å². The Morgan fingerprint density at radius 3 is 2.84 bits per heavy atom. The van der Waals surface area contributed by atoms with Gasteiger partial charge in [-0.3, -0.25) is 9.69 Å². The van der Waals surface area contributed by atoms with Crippen LogP contribution in [0.5, 0.6) is 0 Å². The van der Waals surface area contributed by atoms with E-state index in [2.05, 4.69) is 9.97 Å². The Morgan fingerprint density at radius 2 is 2.16 bits per heavy atom. The lowest BCUT2D eigenvalue weighted by Gasteiger charge is -2.45. The van der Waals surface area contributed by atoms with E-state index >= 15 is 0 Å². The molecule has 9 heteroatoms. The number of nitrogen functional groups attached to an aromatic ring is 1. The number of anilines is 1. The van der Waals surface area contributed by atoms with E-state index in [0.717, 1.165) is 15.8 Å². The average Bonchev–Trinajstić information content (AvgIpc) is 2.59. The number of benzene rings is 1. The number of methoxy groups -OCH3 is 1. The van der Waals surface area contributed by atoms with Crippen LogP contribution in [0.15, 0.2) is 24.5 Å². The quantitative estimate of drug-likeness (QED) is 0.847. The highest BCUT2D eigenvalue weighted by Gasteiger charge is 2.48. The molecule has 2 aromatic rings. The fraction of sp³-hybridized carbons (Fsp3) is 0.375. The molecule has 132 valence electrons. The van der Waals surface area contributed by atoms with Gasteiger partial charge in [0.15, 0.2) is 0 Å². The molecule has 1 aliphatic heterocycles. The summed E-state index contributed by atoms with van der Waals surface area (Å²) in [5.41, 5.74) is 5.84. The van der Waals surface area contributed by atoms with Crippen molar-refractivity contribution in [1.82, 2.24) is 19.8 Å². The van der Waals surface area contributed by atoms with E-state index in [9.17, 15) is 14.7 Å². The molecule has 1 fully saturated rings. The van der Waals surface area contributed by atoms with E-state index in [1.165, 1.54) is 20.4 Å². The van der Waals surface area contributed by atoms with Gasteiger partial charge in [-0.05, 0) is 24.6 Å². The molecular formula is C16H19N5O4. The minimum absolute atomic E-state index is 0.175. The second-order valence-electron chi connectivity index (χ2n) is 5.96. The molecule has 3 rings (SSSR count). The van der Waals surface area contributed by atoms with Crippen LogP contribution in [0.3, 0.4) is 0 Å². The number of hydrogen-bond acceptors (Lipinski definition) is 6. The summed E-state index contributed by atoms with van der Waals surface area (Å²) in [4.78, 5) is 34.9. The third-order valence-electron chi connectivity index (χ3n) is 4.53. The summed E-state index contributed by atoms with van der Waals surface area (Å²) in [6, 6.07) is 5.50. The zero-order chi connectivity index (χ0) is 18.2. The van der Waals surface area contributed by atoms with Crippen LogP contribution in [-0.4, -0.2) is 62.8 Å². The third-order valence-corrected chi connectivity index (χ3v) is 4.53. The van der Waals surface area contributed by atoms with Crippen LogP contribution in [0, 0.1) is 0 Å². The van der Waals surface area contributed by atoms with Gasteiger partial charge in [0.05, 0.1) is 5.52 Å². The van der Waals surface area contributed by atoms with Crippen molar-refractivity contribution >= 4 is 28.7 Å². The Kier molecular flexibility index (Phi) is 4.17. The van der Waals surface area contributed by atoms with Gasteiger partial charge in [0, 0.05) is 32.1 Å². The van der Waals surface area contributed by atoms with Gasteiger partial charge in [-0.25, -0.2) is 14.8 Å². The number of carboxylic acid groups (broad SMARTS) is 1. The molecule has 1 aliphatic rings.